The van der Waals surface area contributed by atoms with E-state index in [9.17, 15) is 19.7 Å². The normalized spacial score (nSPS) is 25.2. The molecule has 0 aliphatic carbocycles. The number of nitrogens with zero attached hydrogens (tertiary/aromatic N) is 3. The van der Waals surface area contributed by atoms with Crippen LogP contribution in [0.3, 0.4) is 0 Å². The van der Waals surface area contributed by atoms with Crippen LogP contribution in [-0.4, -0.2) is 74.4 Å². The van der Waals surface area contributed by atoms with E-state index >= 15 is 0 Å². The molecule has 13 heteroatoms. The van der Waals surface area contributed by atoms with Gasteiger partial charge < -0.3 is 30.3 Å². The van der Waals surface area contributed by atoms with Crippen LogP contribution < -0.4 is 5.73 Å². The molecule has 38 heavy (non-hydrogen) atoms. The average molecular weight is 559 g/mol. The number of phosphoric ester groups is 1. The largest absolute Gasteiger partial charge is 0.472 e. The number of aliphatic hydroxyl groups excluding tert-OH is 2. The Morgan fingerprint density at radius 3 is 2.47 bits per heavy atom. The molecule has 0 amide bonds. The second kappa shape index (κ2) is 14.7. The number of nitrogens with two attached hydrogens (primary N) is 1. The van der Waals surface area contributed by atoms with E-state index in [2.05, 4.69) is 17.0 Å². The Hall–Kier alpha value is -1.63. The number of aromatic nitrogens is 3. The van der Waals surface area contributed by atoms with Crippen molar-refractivity contribution in [1.29, 1.82) is 0 Å². The van der Waals surface area contributed by atoms with Crippen molar-refractivity contribution in [2.45, 2.75) is 95.5 Å². The number of rotatable bonds is 18. The van der Waals surface area contributed by atoms with Crippen LogP contribution in [0.4, 0.5) is 5.82 Å². The maximum atomic E-state index is 12.3. The van der Waals surface area contributed by atoms with Crippen LogP contribution >= 0.6 is 7.82 Å². The lowest BCUT2D eigenvalue weighted by Crippen LogP contribution is -2.39. The van der Waals surface area contributed by atoms with Gasteiger partial charge in [-0.25, -0.2) is 14.1 Å². The standard InChI is InChI=1S/C25H43N4O8P/c1-3-4-5-6-7-8-9-10-14-34-15-11-16-35-38(32,33)36-17-20-22(30)23(31)25(2,37-20)21-13-12-19-24(26)27-18-28-29(19)21/h12-13,18,20,22-23,30-31H,3-11,14-17H2,1-2H3,(H,32,33)(H2,26,27,28)/t20-,22-,23-,25+/m1/s1. The predicted octanol–water partition coefficient (Wildman–Crippen LogP) is 3.33. The highest BCUT2D eigenvalue weighted by Gasteiger charge is 2.54. The van der Waals surface area contributed by atoms with E-state index in [0.29, 0.717) is 30.8 Å². The minimum atomic E-state index is -4.39. The molecule has 3 rings (SSSR count). The van der Waals surface area contributed by atoms with Gasteiger partial charge in [-0.3, -0.25) is 9.05 Å². The third kappa shape index (κ3) is 8.19. The smallest absolute Gasteiger partial charge is 0.387 e. The van der Waals surface area contributed by atoms with Crippen LogP contribution in [0.2, 0.25) is 0 Å². The maximum Gasteiger partial charge on any atom is 0.472 e. The van der Waals surface area contributed by atoms with Gasteiger partial charge in [0.1, 0.15) is 35.8 Å². The van der Waals surface area contributed by atoms with Gasteiger partial charge in [0.15, 0.2) is 5.82 Å². The Labute approximate surface area is 224 Å². The van der Waals surface area contributed by atoms with Gasteiger partial charge in [-0.1, -0.05) is 51.9 Å². The Morgan fingerprint density at radius 1 is 1.05 bits per heavy atom. The van der Waals surface area contributed by atoms with Gasteiger partial charge in [-0.15, -0.1) is 0 Å². The molecule has 216 valence electrons. The zero-order valence-corrected chi connectivity index (χ0v) is 23.3. The Balaban J connectivity index is 1.35. The molecule has 1 unspecified atom stereocenters. The number of ether oxygens (including phenoxy) is 2. The van der Waals surface area contributed by atoms with E-state index in [-0.39, 0.29) is 12.4 Å². The number of hydrogen-bond donors (Lipinski definition) is 4. The summed E-state index contributed by atoms with van der Waals surface area (Å²) in [6, 6.07) is 3.34. The van der Waals surface area contributed by atoms with Crippen molar-refractivity contribution in [1.82, 2.24) is 14.6 Å². The highest BCUT2D eigenvalue weighted by atomic mass is 31.2. The van der Waals surface area contributed by atoms with Gasteiger partial charge in [0.05, 0.1) is 18.9 Å². The molecule has 0 saturated carbocycles. The van der Waals surface area contributed by atoms with E-state index in [4.69, 9.17) is 24.3 Å². The van der Waals surface area contributed by atoms with Crippen LogP contribution in [0.15, 0.2) is 18.5 Å². The fourth-order valence-electron chi connectivity index (χ4n) is 4.64. The van der Waals surface area contributed by atoms with Gasteiger partial charge in [-0.05, 0) is 31.9 Å². The molecule has 0 radical (unpaired) electrons. The molecular formula is C25H43N4O8P. The van der Waals surface area contributed by atoms with E-state index in [1.54, 1.807) is 19.1 Å². The zero-order valence-electron chi connectivity index (χ0n) is 22.4. The van der Waals surface area contributed by atoms with E-state index in [1.165, 1.54) is 49.4 Å². The summed E-state index contributed by atoms with van der Waals surface area (Å²) in [5.74, 6) is 0.250. The van der Waals surface area contributed by atoms with Crippen molar-refractivity contribution < 1.29 is 38.2 Å². The summed E-state index contributed by atoms with van der Waals surface area (Å²) in [5, 5.41) is 25.5. The second-order valence-electron chi connectivity index (χ2n) is 9.90. The first-order chi connectivity index (χ1) is 18.2. The summed E-state index contributed by atoms with van der Waals surface area (Å²) in [4.78, 5) is 14.0. The van der Waals surface area contributed by atoms with Crippen molar-refractivity contribution in [3.63, 3.8) is 0 Å². The minimum absolute atomic E-state index is 0.0170. The zero-order chi connectivity index (χ0) is 27.6. The number of fused-ring (bicyclic) bond motifs is 1. The molecule has 1 fully saturated rings. The quantitative estimate of drug-likeness (QED) is 0.156. The topological polar surface area (TPSA) is 171 Å². The van der Waals surface area contributed by atoms with Crippen LogP contribution in [0.1, 0.15) is 77.3 Å². The third-order valence-electron chi connectivity index (χ3n) is 6.89. The predicted molar refractivity (Wildman–Crippen MR) is 141 cm³/mol. The molecule has 3 heterocycles. The summed E-state index contributed by atoms with van der Waals surface area (Å²) in [7, 11) is -4.39. The molecule has 2 aromatic heterocycles. The number of nitrogen functional groups attached to an aromatic ring is 1. The molecule has 12 nitrogen and oxygen atoms in total. The fraction of sp³-hybridized carbons (Fsp3) is 0.760. The van der Waals surface area contributed by atoms with Crippen LogP contribution in [0, 0.1) is 0 Å². The van der Waals surface area contributed by atoms with Gasteiger partial charge in [0, 0.05) is 13.2 Å². The SMILES string of the molecule is CCCCCCCCCCOCCCOP(=O)(O)OC[C@H]1O[C@@](C)(c2ccc3c(N)ncnn23)[C@H](O)[C@@H]1O. The maximum absolute atomic E-state index is 12.3. The Kier molecular flexibility index (Phi) is 11.9. The number of phosphoric acid groups is 1. The lowest BCUT2D eigenvalue weighted by molar-refractivity contribution is -0.0888. The van der Waals surface area contributed by atoms with E-state index < -0.39 is 38.3 Å². The highest BCUT2D eigenvalue weighted by Crippen LogP contribution is 2.46. The van der Waals surface area contributed by atoms with Crippen LogP contribution in [0.5, 0.6) is 0 Å². The van der Waals surface area contributed by atoms with Crippen LogP contribution in [-0.2, 0) is 28.7 Å². The molecule has 1 aliphatic heterocycles. The second-order valence-corrected chi connectivity index (χ2v) is 11.4. The first kappa shape index (κ1) is 30.9. The molecule has 1 aliphatic rings. The van der Waals surface area contributed by atoms with Crippen molar-refractivity contribution in [2.24, 2.45) is 0 Å². The Morgan fingerprint density at radius 2 is 1.74 bits per heavy atom. The first-order valence-electron chi connectivity index (χ1n) is 13.5. The van der Waals surface area contributed by atoms with Crippen molar-refractivity contribution >= 4 is 19.2 Å². The van der Waals surface area contributed by atoms with Crippen molar-refractivity contribution in [2.75, 3.05) is 32.2 Å². The third-order valence-corrected chi connectivity index (χ3v) is 7.87. The fourth-order valence-corrected chi connectivity index (χ4v) is 5.41. The lowest BCUT2D eigenvalue weighted by Gasteiger charge is -2.27. The number of anilines is 1. The molecule has 0 aromatic carbocycles. The van der Waals surface area contributed by atoms with Gasteiger partial charge in [0.2, 0.25) is 0 Å². The summed E-state index contributed by atoms with van der Waals surface area (Å²) < 4.78 is 35.3. The van der Waals surface area contributed by atoms with E-state index in [0.717, 1.165) is 12.8 Å². The monoisotopic (exact) mass is 558 g/mol. The van der Waals surface area contributed by atoms with Gasteiger partial charge in [0.25, 0.3) is 0 Å². The lowest BCUT2D eigenvalue weighted by atomic mass is 9.93. The van der Waals surface area contributed by atoms with E-state index in [1.807, 2.05) is 0 Å². The summed E-state index contributed by atoms with van der Waals surface area (Å²) in [6.45, 7) is 4.41. The van der Waals surface area contributed by atoms with Crippen molar-refractivity contribution in [3.8, 4) is 0 Å². The van der Waals surface area contributed by atoms with Crippen molar-refractivity contribution in [3.05, 3.63) is 24.2 Å². The summed E-state index contributed by atoms with van der Waals surface area (Å²) in [6.07, 6.45) is 7.73. The van der Waals surface area contributed by atoms with Gasteiger partial charge >= 0.3 is 7.82 Å². The molecule has 5 atom stereocenters. The average Bonchev–Trinajstić information content (AvgIpc) is 3.42. The van der Waals surface area contributed by atoms with Crippen LogP contribution in [0.25, 0.3) is 5.52 Å². The summed E-state index contributed by atoms with van der Waals surface area (Å²) in [5.41, 5.74) is 5.45. The van der Waals surface area contributed by atoms with Gasteiger partial charge in [-0.2, -0.15) is 5.10 Å². The minimum Gasteiger partial charge on any atom is -0.387 e. The molecule has 2 aromatic rings. The molecular weight excluding hydrogens is 515 g/mol. The summed E-state index contributed by atoms with van der Waals surface area (Å²) >= 11 is 0. The first-order valence-corrected chi connectivity index (χ1v) is 15.0. The molecule has 1 saturated heterocycles. The number of unbranched alkanes of at least 4 members (excludes halogenated alkanes) is 7. The molecule has 0 bridgehead atoms. The highest BCUT2D eigenvalue weighted by molar-refractivity contribution is 7.47. The number of hydrogen-bond acceptors (Lipinski definition) is 10. The Bertz CT molecular complexity index is 1040. The molecule has 5 N–H and O–H groups in total. The molecule has 0 spiro atoms. The number of aliphatic hydroxyl groups is 2.